The molecule has 2 aromatic carbocycles. The van der Waals surface area contributed by atoms with Crippen LogP contribution in [0.3, 0.4) is 0 Å². The smallest absolute Gasteiger partial charge is 0.272 e. The van der Waals surface area contributed by atoms with Crippen molar-refractivity contribution < 1.29 is 14.3 Å². The van der Waals surface area contributed by atoms with E-state index in [0.29, 0.717) is 13.2 Å². The van der Waals surface area contributed by atoms with Gasteiger partial charge in [0.05, 0.1) is 18.2 Å². The van der Waals surface area contributed by atoms with Crippen LogP contribution in [-0.4, -0.2) is 29.4 Å². The molecular formula is C27H28N2O4. The summed E-state index contributed by atoms with van der Waals surface area (Å²) < 4.78 is 7.61. The predicted molar refractivity (Wildman–Crippen MR) is 127 cm³/mol. The number of nitrogens with zero attached hydrogens (tertiary/aromatic N) is 1. The van der Waals surface area contributed by atoms with Crippen LogP contribution in [0.15, 0.2) is 71.7 Å². The number of carbonyl (C=O) groups excluding carboxylic acids is 2. The van der Waals surface area contributed by atoms with Crippen LogP contribution in [0, 0.1) is 0 Å². The third-order valence-corrected chi connectivity index (χ3v) is 6.06. The number of hydrogen-bond acceptors (Lipinski definition) is 4. The number of ketones is 1. The van der Waals surface area contributed by atoms with E-state index in [9.17, 15) is 14.4 Å². The van der Waals surface area contributed by atoms with Crippen molar-refractivity contribution in [3.8, 4) is 5.75 Å². The van der Waals surface area contributed by atoms with Crippen LogP contribution in [0.5, 0.6) is 5.75 Å². The second-order valence-electron chi connectivity index (χ2n) is 8.29. The minimum atomic E-state index is -0.531. The number of fused-ring (bicyclic) bond motifs is 1. The first kappa shape index (κ1) is 22.5. The second kappa shape index (κ2) is 9.86. The van der Waals surface area contributed by atoms with Crippen LogP contribution in [0.2, 0.25) is 0 Å². The molecule has 0 saturated heterocycles. The Kier molecular flexibility index (Phi) is 6.73. The van der Waals surface area contributed by atoms with Gasteiger partial charge in [0.1, 0.15) is 0 Å². The highest BCUT2D eigenvalue weighted by atomic mass is 16.5. The number of nitrogens with one attached hydrogen (secondary N) is 1. The standard InChI is InChI=1S/C27H28N2O4/c1-3-4-15-33-26-24-27(32)28-16-22(29(24)17-21(18(2)30)25(26)31)23(19-11-7-5-8-12-19)20-13-9-6-10-14-20/h5-14,17,22-23H,3-4,15-16H2,1-2H3,(H,28,32)/t22-/m1/s1. The lowest BCUT2D eigenvalue weighted by Crippen LogP contribution is -2.44. The van der Waals surface area contributed by atoms with Gasteiger partial charge in [-0.1, -0.05) is 74.0 Å². The van der Waals surface area contributed by atoms with Crippen molar-refractivity contribution in [2.45, 2.75) is 38.6 Å². The molecule has 1 aromatic heterocycles. The summed E-state index contributed by atoms with van der Waals surface area (Å²) in [5, 5.41) is 2.95. The quantitative estimate of drug-likeness (QED) is 0.414. The first-order chi connectivity index (χ1) is 16.0. The minimum Gasteiger partial charge on any atom is -0.487 e. The van der Waals surface area contributed by atoms with Gasteiger partial charge in [-0.05, 0) is 24.5 Å². The van der Waals surface area contributed by atoms with Gasteiger partial charge in [-0.2, -0.15) is 0 Å². The van der Waals surface area contributed by atoms with Gasteiger partial charge in [-0.25, -0.2) is 0 Å². The number of hydrogen-bond donors (Lipinski definition) is 1. The first-order valence-corrected chi connectivity index (χ1v) is 11.3. The van der Waals surface area contributed by atoms with Crippen molar-refractivity contribution in [2.24, 2.45) is 0 Å². The van der Waals surface area contributed by atoms with Crippen LogP contribution >= 0.6 is 0 Å². The number of unbranched alkanes of at least 4 members (excludes halogenated alkanes) is 1. The molecule has 6 heteroatoms. The molecule has 1 amide bonds. The van der Waals surface area contributed by atoms with Gasteiger partial charge in [0.15, 0.2) is 17.2 Å². The summed E-state index contributed by atoms with van der Waals surface area (Å²) in [6, 6.07) is 19.8. The fourth-order valence-electron chi connectivity index (χ4n) is 4.41. The summed E-state index contributed by atoms with van der Waals surface area (Å²) in [6.45, 7) is 4.04. The minimum absolute atomic E-state index is 0.0322. The zero-order valence-electron chi connectivity index (χ0n) is 18.9. The SMILES string of the molecule is CCCCOc1c2n(cc(C(C)=O)c1=O)[C@@H](C(c1ccccc1)c1ccccc1)CNC2=O. The van der Waals surface area contributed by atoms with Gasteiger partial charge >= 0.3 is 0 Å². The Bertz CT molecular complexity index is 1160. The van der Waals surface area contributed by atoms with Crippen molar-refractivity contribution in [3.05, 3.63) is 99.5 Å². The molecule has 0 saturated carbocycles. The summed E-state index contributed by atoms with van der Waals surface area (Å²) in [7, 11) is 0. The highest BCUT2D eigenvalue weighted by Crippen LogP contribution is 2.38. The van der Waals surface area contributed by atoms with Crippen molar-refractivity contribution >= 4 is 11.7 Å². The number of benzene rings is 2. The van der Waals surface area contributed by atoms with E-state index in [1.165, 1.54) is 13.1 Å². The zero-order chi connectivity index (χ0) is 23.4. The molecule has 6 nitrogen and oxygen atoms in total. The highest BCUT2D eigenvalue weighted by Gasteiger charge is 2.36. The number of carbonyl (C=O) groups is 2. The Morgan fingerprint density at radius 3 is 2.21 bits per heavy atom. The second-order valence-corrected chi connectivity index (χ2v) is 8.29. The molecule has 1 aliphatic rings. The van der Waals surface area contributed by atoms with Gasteiger partial charge in [-0.3, -0.25) is 14.4 Å². The van der Waals surface area contributed by atoms with E-state index < -0.39 is 5.43 Å². The van der Waals surface area contributed by atoms with Crippen molar-refractivity contribution in [3.63, 3.8) is 0 Å². The molecule has 1 N–H and O–H groups in total. The Labute approximate surface area is 193 Å². The monoisotopic (exact) mass is 444 g/mol. The third-order valence-electron chi connectivity index (χ3n) is 6.06. The van der Waals surface area contributed by atoms with Crippen LogP contribution in [0.25, 0.3) is 0 Å². The lowest BCUT2D eigenvalue weighted by Gasteiger charge is -2.36. The molecule has 0 spiro atoms. The highest BCUT2D eigenvalue weighted by molar-refractivity contribution is 5.99. The van der Waals surface area contributed by atoms with E-state index in [1.54, 1.807) is 4.57 Å². The number of aromatic nitrogens is 1. The Hall–Kier alpha value is -3.67. The van der Waals surface area contributed by atoms with Crippen LogP contribution < -0.4 is 15.5 Å². The fraction of sp³-hybridized carbons (Fsp3) is 0.296. The van der Waals surface area contributed by atoms with Gasteiger partial charge in [0, 0.05) is 18.7 Å². The lowest BCUT2D eigenvalue weighted by molar-refractivity contribution is 0.0898. The van der Waals surface area contributed by atoms with Gasteiger partial charge in [0.2, 0.25) is 5.43 Å². The molecule has 3 aromatic rings. The van der Waals surface area contributed by atoms with Crippen LogP contribution in [-0.2, 0) is 0 Å². The summed E-state index contributed by atoms with van der Waals surface area (Å²) in [5.41, 5.74) is 1.83. The largest absolute Gasteiger partial charge is 0.487 e. The average Bonchev–Trinajstić information content (AvgIpc) is 2.83. The van der Waals surface area contributed by atoms with E-state index in [2.05, 4.69) is 29.6 Å². The Balaban J connectivity index is 1.94. The topological polar surface area (TPSA) is 77.4 Å². The third kappa shape index (κ3) is 4.46. The molecule has 170 valence electrons. The van der Waals surface area contributed by atoms with Crippen molar-refractivity contribution in [1.82, 2.24) is 9.88 Å². The predicted octanol–water partition coefficient (Wildman–Crippen LogP) is 4.35. The van der Waals surface area contributed by atoms with E-state index >= 15 is 0 Å². The van der Waals surface area contributed by atoms with E-state index in [0.717, 1.165) is 24.0 Å². The van der Waals surface area contributed by atoms with Gasteiger partial charge in [-0.15, -0.1) is 0 Å². The normalized spacial score (nSPS) is 15.1. The maximum Gasteiger partial charge on any atom is 0.272 e. The summed E-state index contributed by atoms with van der Waals surface area (Å²) in [6.07, 6.45) is 3.16. The molecule has 0 aliphatic carbocycles. The maximum atomic E-state index is 13.1. The molecule has 0 radical (unpaired) electrons. The molecule has 0 bridgehead atoms. The van der Waals surface area contributed by atoms with Crippen LogP contribution in [0.4, 0.5) is 0 Å². The summed E-state index contributed by atoms with van der Waals surface area (Å²) in [5.74, 6) is -0.878. The summed E-state index contributed by atoms with van der Waals surface area (Å²) in [4.78, 5) is 38.4. The van der Waals surface area contributed by atoms with E-state index in [4.69, 9.17) is 4.74 Å². The number of rotatable bonds is 8. The molecule has 2 heterocycles. The molecule has 4 rings (SSSR count). The fourth-order valence-corrected chi connectivity index (χ4v) is 4.41. The first-order valence-electron chi connectivity index (χ1n) is 11.3. The van der Waals surface area contributed by atoms with Crippen molar-refractivity contribution in [2.75, 3.05) is 13.2 Å². The number of pyridine rings is 1. The average molecular weight is 445 g/mol. The zero-order valence-corrected chi connectivity index (χ0v) is 18.9. The Morgan fingerprint density at radius 1 is 1.06 bits per heavy atom. The lowest BCUT2D eigenvalue weighted by atomic mass is 9.83. The van der Waals surface area contributed by atoms with E-state index in [-0.39, 0.29) is 40.7 Å². The van der Waals surface area contributed by atoms with Crippen LogP contribution in [0.1, 0.15) is 70.6 Å². The molecule has 1 aliphatic heterocycles. The maximum absolute atomic E-state index is 13.1. The molecule has 33 heavy (non-hydrogen) atoms. The molecule has 0 fully saturated rings. The van der Waals surface area contributed by atoms with Gasteiger partial charge in [0.25, 0.3) is 5.91 Å². The molecule has 0 unspecified atom stereocenters. The Morgan fingerprint density at radius 2 is 1.67 bits per heavy atom. The van der Waals surface area contributed by atoms with E-state index in [1.807, 2.05) is 43.3 Å². The number of amides is 1. The summed E-state index contributed by atoms with van der Waals surface area (Å²) >= 11 is 0. The molecule has 1 atom stereocenters. The number of Topliss-reactive ketones (excluding diaryl/α,β-unsaturated/α-hetero) is 1. The van der Waals surface area contributed by atoms with Crippen molar-refractivity contribution in [1.29, 1.82) is 0 Å². The van der Waals surface area contributed by atoms with Gasteiger partial charge < -0.3 is 14.6 Å². The molecular weight excluding hydrogens is 416 g/mol. The number of ether oxygens (including phenoxy) is 1.